The highest BCUT2D eigenvalue weighted by Gasteiger charge is 2.05. The Bertz CT molecular complexity index is 507. The van der Waals surface area contributed by atoms with Gasteiger partial charge in [-0.15, -0.1) is 0 Å². The van der Waals surface area contributed by atoms with Gasteiger partial charge in [-0.3, -0.25) is 0 Å². The van der Waals surface area contributed by atoms with Gasteiger partial charge < -0.3 is 10.1 Å². The summed E-state index contributed by atoms with van der Waals surface area (Å²) in [6.07, 6.45) is 1.74. The van der Waals surface area contributed by atoms with Crippen molar-refractivity contribution in [1.29, 1.82) is 0 Å². The Kier molecular flexibility index (Phi) is 3.39. The van der Waals surface area contributed by atoms with Gasteiger partial charge in [0.25, 0.3) is 0 Å². The molecular formula is C12H16N4O. The number of nitrogens with one attached hydrogen (secondary N) is 1. The molecule has 0 saturated heterocycles. The molecule has 0 fully saturated rings. The number of aromatic nitrogens is 3. The van der Waals surface area contributed by atoms with Crippen LogP contribution >= 0.6 is 0 Å². The van der Waals surface area contributed by atoms with Crippen LogP contribution in [-0.2, 0) is 13.6 Å². The predicted molar refractivity (Wildman–Crippen MR) is 65.0 cm³/mol. The summed E-state index contributed by atoms with van der Waals surface area (Å²) in [6.45, 7) is 2.72. The van der Waals surface area contributed by atoms with Crippen molar-refractivity contribution in [2.75, 3.05) is 7.05 Å². The first-order valence-corrected chi connectivity index (χ1v) is 5.47. The Morgan fingerprint density at radius 3 is 2.88 bits per heavy atom. The van der Waals surface area contributed by atoms with Crippen molar-refractivity contribution in [3.63, 3.8) is 0 Å². The van der Waals surface area contributed by atoms with Gasteiger partial charge in [-0.2, -0.15) is 5.10 Å². The third-order valence-electron chi connectivity index (χ3n) is 2.35. The Labute approximate surface area is 100 Å². The third-order valence-corrected chi connectivity index (χ3v) is 2.35. The molecule has 2 rings (SSSR count). The Morgan fingerprint density at radius 1 is 1.41 bits per heavy atom. The largest absolute Gasteiger partial charge is 0.421 e. The molecule has 2 heterocycles. The Morgan fingerprint density at radius 2 is 2.24 bits per heavy atom. The summed E-state index contributed by atoms with van der Waals surface area (Å²) in [5.41, 5.74) is 2.06. The van der Waals surface area contributed by atoms with Crippen LogP contribution in [0, 0.1) is 6.92 Å². The van der Waals surface area contributed by atoms with Crippen molar-refractivity contribution in [3.05, 3.63) is 35.7 Å². The van der Waals surface area contributed by atoms with Crippen LogP contribution in [-0.4, -0.2) is 21.8 Å². The van der Waals surface area contributed by atoms with Crippen molar-refractivity contribution in [2.45, 2.75) is 13.5 Å². The van der Waals surface area contributed by atoms with Crippen LogP contribution in [0.15, 0.2) is 24.4 Å². The first-order chi connectivity index (χ1) is 8.19. The molecule has 5 nitrogen and oxygen atoms in total. The number of hydrogen-bond acceptors (Lipinski definition) is 4. The maximum Gasteiger partial charge on any atom is 0.221 e. The average molecular weight is 232 g/mol. The molecule has 0 aromatic carbocycles. The van der Waals surface area contributed by atoms with Gasteiger partial charge in [-0.05, 0) is 25.6 Å². The second kappa shape index (κ2) is 4.97. The van der Waals surface area contributed by atoms with Crippen LogP contribution in [0.2, 0.25) is 0 Å². The first-order valence-electron chi connectivity index (χ1n) is 5.47. The second-order valence-corrected chi connectivity index (χ2v) is 3.88. The molecule has 90 valence electrons. The molecule has 0 aliphatic heterocycles. The Balaban J connectivity index is 2.18. The van der Waals surface area contributed by atoms with E-state index in [2.05, 4.69) is 15.4 Å². The van der Waals surface area contributed by atoms with E-state index >= 15 is 0 Å². The number of aryl methyl sites for hydroxylation is 2. The lowest BCUT2D eigenvalue weighted by molar-refractivity contribution is 0.415. The van der Waals surface area contributed by atoms with Gasteiger partial charge in [0, 0.05) is 31.9 Å². The molecule has 0 atom stereocenters. The van der Waals surface area contributed by atoms with Crippen molar-refractivity contribution < 1.29 is 4.74 Å². The zero-order chi connectivity index (χ0) is 12.3. The van der Waals surface area contributed by atoms with E-state index in [1.807, 2.05) is 39.2 Å². The number of hydrogen-bond donors (Lipinski definition) is 1. The molecule has 0 aliphatic rings. The second-order valence-electron chi connectivity index (χ2n) is 3.88. The highest BCUT2D eigenvalue weighted by molar-refractivity contribution is 5.25. The molecule has 0 unspecified atom stereocenters. The zero-order valence-corrected chi connectivity index (χ0v) is 10.3. The molecule has 0 bridgehead atoms. The minimum absolute atomic E-state index is 0.584. The van der Waals surface area contributed by atoms with Crippen LogP contribution in [0.25, 0.3) is 0 Å². The van der Waals surface area contributed by atoms with Crippen molar-refractivity contribution >= 4 is 0 Å². The van der Waals surface area contributed by atoms with E-state index in [1.165, 1.54) is 0 Å². The predicted octanol–water partition coefficient (Wildman–Crippen LogP) is 1.64. The molecule has 2 aromatic rings. The van der Waals surface area contributed by atoms with Gasteiger partial charge >= 0.3 is 0 Å². The van der Waals surface area contributed by atoms with Crippen LogP contribution < -0.4 is 10.1 Å². The van der Waals surface area contributed by atoms with E-state index in [-0.39, 0.29) is 0 Å². The molecule has 0 aliphatic carbocycles. The quantitative estimate of drug-likeness (QED) is 0.870. The van der Waals surface area contributed by atoms with Gasteiger partial charge in [0.1, 0.15) is 0 Å². The molecule has 0 radical (unpaired) electrons. The van der Waals surface area contributed by atoms with E-state index in [9.17, 15) is 0 Å². The van der Waals surface area contributed by atoms with Gasteiger partial charge in [0.15, 0.2) is 0 Å². The maximum atomic E-state index is 5.68. The molecule has 0 amide bonds. The third kappa shape index (κ3) is 2.82. The van der Waals surface area contributed by atoms with Gasteiger partial charge in [-0.25, -0.2) is 9.67 Å². The van der Waals surface area contributed by atoms with Gasteiger partial charge in [0.05, 0.1) is 5.69 Å². The highest BCUT2D eigenvalue weighted by Crippen LogP contribution is 2.20. The molecule has 2 aromatic heterocycles. The van der Waals surface area contributed by atoms with Crippen LogP contribution in [0.4, 0.5) is 0 Å². The lowest BCUT2D eigenvalue weighted by Gasteiger charge is -2.06. The van der Waals surface area contributed by atoms with Gasteiger partial charge in [-0.1, -0.05) is 0 Å². The summed E-state index contributed by atoms with van der Waals surface area (Å²) < 4.78 is 7.37. The topological polar surface area (TPSA) is 52.0 Å². The van der Waals surface area contributed by atoms with Gasteiger partial charge in [0.2, 0.25) is 11.8 Å². The maximum absolute atomic E-state index is 5.68. The zero-order valence-electron chi connectivity index (χ0n) is 10.3. The minimum atomic E-state index is 0.584. The van der Waals surface area contributed by atoms with Crippen molar-refractivity contribution in [2.24, 2.45) is 7.05 Å². The molecule has 0 spiro atoms. The molecule has 0 saturated carbocycles. The number of ether oxygens (including phenoxy) is 1. The lowest BCUT2D eigenvalue weighted by atomic mass is 10.3. The molecule has 17 heavy (non-hydrogen) atoms. The monoisotopic (exact) mass is 232 g/mol. The summed E-state index contributed by atoms with van der Waals surface area (Å²) in [4.78, 5) is 4.18. The van der Waals surface area contributed by atoms with E-state index in [0.717, 1.165) is 17.8 Å². The van der Waals surface area contributed by atoms with E-state index in [1.54, 1.807) is 10.9 Å². The van der Waals surface area contributed by atoms with E-state index < -0.39 is 0 Å². The summed E-state index contributed by atoms with van der Waals surface area (Å²) in [5, 5.41) is 7.31. The summed E-state index contributed by atoms with van der Waals surface area (Å²) in [6, 6.07) is 5.75. The minimum Gasteiger partial charge on any atom is -0.421 e. The van der Waals surface area contributed by atoms with E-state index in [0.29, 0.717) is 11.8 Å². The molecule has 5 heteroatoms. The highest BCUT2D eigenvalue weighted by atomic mass is 16.5. The molecule has 1 N–H and O–H groups in total. The lowest BCUT2D eigenvalue weighted by Crippen LogP contribution is -2.05. The Hall–Kier alpha value is -1.88. The SMILES string of the molecule is CNCc1ccnc(Oc2cc(C)nn2C)c1. The number of rotatable bonds is 4. The molecular weight excluding hydrogens is 216 g/mol. The fraction of sp³-hybridized carbons (Fsp3) is 0.333. The standard InChI is InChI=1S/C12H16N4O/c1-9-6-12(16(3)15-9)17-11-7-10(8-13-2)4-5-14-11/h4-7,13H,8H2,1-3H3. The first kappa shape index (κ1) is 11.6. The normalized spacial score (nSPS) is 10.5. The number of pyridine rings is 1. The summed E-state index contributed by atoms with van der Waals surface area (Å²) in [7, 11) is 3.76. The fourth-order valence-electron chi connectivity index (χ4n) is 1.61. The van der Waals surface area contributed by atoms with E-state index in [4.69, 9.17) is 4.74 Å². The van der Waals surface area contributed by atoms with Crippen LogP contribution in [0.5, 0.6) is 11.8 Å². The van der Waals surface area contributed by atoms with Crippen LogP contribution in [0.1, 0.15) is 11.3 Å². The smallest absolute Gasteiger partial charge is 0.221 e. The van der Waals surface area contributed by atoms with Crippen LogP contribution in [0.3, 0.4) is 0 Å². The average Bonchev–Trinajstić information content (AvgIpc) is 2.58. The fourth-order valence-corrected chi connectivity index (χ4v) is 1.61. The summed E-state index contributed by atoms with van der Waals surface area (Å²) in [5.74, 6) is 1.28. The summed E-state index contributed by atoms with van der Waals surface area (Å²) >= 11 is 0. The number of nitrogens with zero attached hydrogens (tertiary/aromatic N) is 3. The van der Waals surface area contributed by atoms with Crippen molar-refractivity contribution in [3.8, 4) is 11.8 Å². The van der Waals surface area contributed by atoms with Crippen molar-refractivity contribution in [1.82, 2.24) is 20.1 Å².